The summed E-state index contributed by atoms with van der Waals surface area (Å²) in [7, 11) is 0. The van der Waals surface area contributed by atoms with Gasteiger partial charge in [-0.25, -0.2) is 4.98 Å². The molecule has 2 aromatic heterocycles. The van der Waals surface area contributed by atoms with E-state index in [4.69, 9.17) is 0 Å². The summed E-state index contributed by atoms with van der Waals surface area (Å²) in [4.78, 5) is 32.8. The van der Waals surface area contributed by atoms with Crippen molar-refractivity contribution in [1.82, 2.24) is 19.8 Å². The second-order valence-corrected chi connectivity index (χ2v) is 7.06. The zero-order valence-corrected chi connectivity index (χ0v) is 16.4. The third-order valence-corrected chi connectivity index (χ3v) is 5.74. The third kappa shape index (κ3) is 4.46. The van der Waals surface area contributed by atoms with Crippen molar-refractivity contribution in [3.63, 3.8) is 0 Å². The molecule has 1 amide bonds. The van der Waals surface area contributed by atoms with Gasteiger partial charge in [-0.15, -0.1) is 11.3 Å². The Labute approximate surface area is 152 Å². The number of aromatic nitrogens is 2. The predicted molar refractivity (Wildman–Crippen MR) is 104 cm³/mol. The van der Waals surface area contributed by atoms with Gasteiger partial charge >= 0.3 is 0 Å². The lowest BCUT2D eigenvalue weighted by Gasteiger charge is -2.17. The lowest BCUT2D eigenvalue weighted by molar-refractivity contribution is 0.0956. The van der Waals surface area contributed by atoms with Gasteiger partial charge in [-0.2, -0.15) is 0 Å². The van der Waals surface area contributed by atoms with Crippen molar-refractivity contribution < 1.29 is 4.79 Å². The van der Waals surface area contributed by atoms with Crippen LogP contribution in [0.4, 0.5) is 0 Å². The highest BCUT2D eigenvalue weighted by Crippen LogP contribution is 2.26. The van der Waals surface area contributed by atoms with Gasteiger partial charge in [0.15, 0.2) is 0 Å². The van der Waals surface area contributed by atoms with Gasteiger partial charge in [0.05, 0.1) is 16.6 Å². The smallest absolute Gasteiger partial charge is 0.262 e. The molecule has 7 heteroatoms. The van der Waals surface area contributed by atoms with Gasteiger partial charge in [0.25, 0.3) is 11.5 Å². The highest BCUT2D eigenvalue weighted by atomic mass is 32.1. The first-order chi connectivity index (χ1) is 12.0. The summed E-state index contributed by atoms with van der Waals surface area (Å²) >= 11 is 1.30. The van der Waals surface area contributed by atoms with Gasteiger partial charge in [-0.05, 0) is 51.9 Å². The maximum atomic E-state index is 12.5. The van der Waals surface area contributed by atoms with Crippen molar-refractivity contribution in [2.24, 2.45) is 0 Å². The Kier molecular flexibility index (Phi) is 7.13. The molecule has 0 spiro atoms. The number of aryl methyl sites for hydroxylation is 2. The zero-order chi connectivity index (χ0) is 18.4. The van der Waals surface area contributed by atoms with Crippen LogP contribution < -0.4 is 10.9 Å². The fraction of sp³-hybridized carbons (Fsp3) is 0.611. The number of hydrogen-bond acceptors (Lipinski definition) is 5. The molecule has 138 valence electrons. The van der Waals surface area contributed by atoms with Gasteiger partial charge in [0.1, 0.15) is 4.83 Å². The summed E-state index contributed by atoms with van der Waals surface area (Å²) < 4.78 is 1.57. The van der Waals surface area contributed by atoms with E-state index >= 15 is 0 Å². The van der Waals surface area contributed by atoms with Crippen LogP contribution in [0.25, 0.3) is 10.2 Å². The second-order valence-electron chi connectivity index (χ2n) is 6.06. The quantitative estimate of drug-likeness (QED) is 0.695. The summed E-state index contributed by atoms with van der Waals surface area (Å²) in [6.45, 7) is 12.5. The molecular formula is C18H28N4O2S. The largest absolute Gasteiger partial charge is 0.351 e. The zero-order valence-electron chi connectivity index (χ0n) is 15.6. The summed E-state index contributed by atoms with van der Waals surface area (Å²) in [5, 5.41) is 3.55. The van der Waals surface area contributed by atoms with E-state index in [1.807, 2.05) is 13.8 Å². The molecule has 2 rings (SSSR count). The molecule has 0 atom stereocenters. The first-order valence-corrected chi connectivity index (χ1v) is 9.84. The van der Waals surface area contributed by atoms with E-state index in [2.05, 4.69) is 29.0 Å². The molecule has 2 aromatic rings. The Bertz CT molecular complexity index is 777. The molecule has 1 N–H and O–H groups in total. The maximum absolute atomic E-state index is 12.5. The minimum Gasteiger partial charge on any atom is -0.351 e. The van der Waals surface area contributed by atoms with E-state index in [9.17, 15) is 9.59 Å². The number of amides is 1. The van der Waals surface area contributed by atoms with E-state index < -0.39 is 0 Å². The Morgan fingerprint density at radius 2 is 2.00 bits per heavy atom. The highest BCUT2D eigenvalue weighted by Gasteiger charge is 2.18. The third-order valence-electron chi connectivity index (χ3n) is 4.55. The van der Waals surface area contributed by atoms with Crippen LogP contribution in [-0.4, -0.2) is 46.5 Å². The van der Waals surface area contributed by atoms with Gasteiger partial charge in [-0.1, -0.05) is 13.8 Å². The number of nitrogens with one attached hydrogen (secondary N) is 1. The molecule has 0 unspecified atom stereocenters. The topological polar surface area (TPSA) is 67.2 Å². The van der Waals surface area contributed by atoms with Crippen molar-refractivity contribution in [3.05, 3.63) is 27.1 Å². The number of fused-ring (bicyclic) bond motifs is 1. The Morgan fingerprint density at radius 3 is 2.64 bits per heavy atom. The number of nitrogens with zero attached hydrogens (tertiary/aromatic N) is 3. The van der Waals surface area contributed by atoms with Gasteiger partial charge in [0, 0.05) is 13.1 Å². The summed E-state index contributed by atoms with van der Waals surface area (Å²) in [5.74, 6) is -0.106. The van der Waals surface area contributed by atoms with Crippen LogP contribution in [0.1, 0.15) is 48.8 Å². The first-order valence-electron chi connectivity index (χ1n) is 9.02. The van der Waals surface area contributed by atoms with Crippen molar-refractivity contribution in [2.75, 3.05) is 26.2 Å². The Hall–Kier alpha value is -1.73. The van der Waals surface area contributed by atoms with E-state index in [0.29, 0.717) is 28.2 Å². The average molecular weight is 365 g/mol. The van der Waals surface area contributed by atoms with Crippen LogP contribution in [0.3, 0.4) is 0 Å². The fourth-order valence-electron chi connectivity index (χ4n) is 2.88. The van der Waals surface area contributed by atoms with Crippen LogP contribution >= 0.6 is 11.3 Å². The van der Waals surface area contributed by atoms with Gasteiger partial charge < -0.3 is 10.2 Å². The summed E-state index contributed by atoms with van der Waals surface area (Å²) in [5.41, 5.74) is 0.667. The van der Waals surface area contributed by atoms with Crippen LogP contribution in [0.5, 0.6) is 0 Å². The second kappa shape index (κ2) is 9.10. The molecule has 0 saturated heterocycles. The monoisotopic (exact) mass is 364 g/mol. The SMILES string of the molecule is CCN(CC)CCCCNC(=O)c1sc2ncn(CC)c(=O)c2c1C. The average Bonchev–Trinajstić information content (AvgIpc) is 2.96. The predicted octanol–water partition coefficient (Wildman–Crippen LogP) is 2.64. The minimum atomic E-state index is -0.106. The van der Waals surface area contributed by atoms with Crippen LogP contribution in [0.2, 0.25) is 0 Å². The molecule has 0 aliphatic carbocycles. The molecule has 0 saturated carbocycles. The first kappa shape index (κ1) is 19.6. The van der Waals surface area contributed by atoms with E-state index in [-0.39, 0.29) is 11.5 Å². The number of unbranched alkanes of at least 4 members (excludes halogenated alkanes) is 1. The van der Waals surface area contributed by atoms with E-state index in [1.54, 1.807) is 10.9 Å². The summed E-state index contributed by atoms with van der Waals surface area (Å²) in [6, 6.07) is 0. The number of thiophene rings is 1. The molecule has 0 fully saturated rings. The Morgan fingerprint density at radius 1 is 1.28 bits per heavy atom. The standard InChI is InChI=1S/C18H28N4O2S/c1-5-21(6-2)11-9-8-10-19-16(23)15-13(4)14-17(25-15)20-12-22(7-3)18(14)24/h12H,5-11H2,1-4H3,(H,19,23). The van der Waals surface area contributed by atoms with Crippen molar-refractivity contribution in [3.8, 4) is 0 Å². The van der Waals surface area contributed by atoms with Gasteiger partial charge in [0.2, 0.25) is 0 Å². The lowest BCUT2D eigenvalue weighted by Crippen LogP contribution is -2.27. The maximum Gasteiger partial charge on any atom is 0.262 e. The number of hydrogen-bond donors (Lipinski definition) is 1. The molecular weight excluding hydrogens is 336 g/mol. The molecule has 0 aliphatic rings. The van der Waals surface area contributed by atoms with E-state index in [1.165, 1.54) is 11.3 Å². The fourth-order valence-corrected chi connectivity index (χ4v) is 3.94. The van der Waals surface area contributed by atoms with Crippen molar-refractivity contribution >= 4 is 27.5 Å². The molecule has 6 nitrogen and oxygen atoms in total. The number of carbonyl (C=O) groups is 1. The normalized spacial score (nSPS) is 11.4. The van der Waals surface area contributed by atoms with Crippen LogP contribution in [0.15, 0.2) is 11.1 Å². The van der Waals surface area contributed by atoms with Crippen molar-refractivity contribution in [2.45, 2.75) is 47.1 Å². The molecule has 2 heterocycles. The van der Waals surface area contributed by atoms with Gasteiger partial charge in [-0.3, -0.25) is 14.2 Å². The number of rotatable bonds is 9. The molecule has 0 aliphatic heterocycles. The molecule has 0 bridgehead atoms. The summed E-state index contributed by atoms with van der Waals surface area (Å²) in [6.07, 6.45) is 3.57. The van der Waals surface area contributed by atoms with E-state index in [0.717, 1.165) is 38.0 Å². The minimum absolute atomic E-state index is 0.0699. The molecule has 0 radical (unpaired) electrons. The van der Waals surface area contributed by atoms with Crippen molar-refractivity contribution in [1.29, 1.82) is 0 Å². The Balaban J connectivity index is 1.99. The van der Waals surface area contributed by atoms with Crippen LogP contribution in [0, 0.1) is 6.92 Å². The lowest BCUT2D eigenvalue weighted by atomic mass is 10.2. The molecule has 0 aromatic carbocycles. The number of carbonyl (C=O) groups excluding carboxylic acids is 1. The molecule has 25 heavy (non-hydrogen) atoms. The van der Waals surface area contributed by atoms with Crippen LogP contribution in [-0.2, 0) is 6.54 Å². The highest BCUT2D eigenvalue weighted by molar-refractivity contribution is 7.20.